The third kappa shape index (κ3) is 5.66. The number of hydrogen-bond acceptors (Lipinski definition) is 3. The van der Waals surface area contributed by atoms with Crippen LogP contribution in [-0.2, 0) is 4.74 Å². The Hall–Kier alpha value is -0.380. The van der Waals surface area contributed by atoms with Crippen LogP contribution in [0.2, 0.25) is 0 Å². The van der Waals surface area contributed by atoms with Crippen molar-refractivity contribution >= 4 is 18.7 Å². The highest BCUT2D eigenvalue weighted by molar-refractivity contribution is 7.80. The summed E-state index contributed by atoms with van der Waals surface area (Å²) >= 11 is 4.48. The van der Waals surface area contributed by atoms with Crippen LogP contribution in [0.15, 0.2) is 0 Å². The summed E-state index contributed by atoms with van der Waals surface area (Å²) in [4.78, 5) is 11.6. The molecular weight excluding hydrogens is 234 g/mol. The van der Waals surface area contributed by atoms with Crippen molar-refractivity contribution in [2.45, 2.75) is 70.3 Å². The zero-order valence-corrected chi connectivity index (χ0v) is 12.2. The zero-order valence-electron chi connectivity index (χ0n) is 11.3. The number of ether oxygens (including phenoxy) is 1. The first-order valence-corrected chi connectivity index (χ1v) is 6.97. The largest absolute Gasteiger partial charge is 0.444 e. The SMILES string of the molecule is CC(S)C1CCC(NC(=O)OC(C)(C)C)CC1. The molecule has 1 N–H and O–H groups in total. The molecule has 1 aliphatic carbocycles. The van der Waals surface area contributed by atoms with Crippen LogP contribution in [0.1, 0.15) is 53.4 Å². The topological polar surface area (TPSA) is 38.3 Å². The number of carbonyl (C=O) groups is 1. The zero-order chi connectivity index (χ0) is 13.1. The Morgan fingerprint density at radius 1 is 1.29 bits per heavy atom. The highest BCUT2D eigenvalue weighted by atomic mass is 32.1. The lowest BCUT2D eigenvalue weighted by molar-refractivity contribution is 0.0487. The first kappa shape index (κ1) is 14.7. The van der Waals surface area contributed by atoms with Crippen LogP contribution < -0.4 is 5.32 Å². The Morgan fingerprint density at radius 3 is 2.24 bits per heavy atom. The smallest absolute Gasteiger partial charge is 0.407 e. The number of amides is 1. The van der Waals surface area contributed by atoms with Gasteiger partial charge in [-0.05, 0) is 52.4 Å². The Balaban J connectivity index is 2.29. The van der Waals surface area contributed by atoms with Crippen LogP contribution in [0, 0.1) is 5.92 Å². The van der Waals surface area contributed by atoms with Gasteiger partial charge in [-0.2, -0.15) is 12.6 Å². The maximum absolute atomic E-state index is 11.6. The molecule has 0 aromatic rings. The number of nitrogens with one attached hydrogen (secondary N) is 1. The fourth-order valence-electron chi connectivity index (χ4n) is 2.22. The van der Waals surface area contributed by atoms with E-state index >= 15 is 0 Å². The molecular formula is C13H25NO2S. The molecule has 1 aliphatic rings. The molecule has 0 bridgehead atoms. The van der Waals surface area contributed by atoms with Crippen molar-refractivity contribution in [3.8, 4) is 0 Å². The number of carbonyl (C=O) groups excluding carboxylic acids is 1. The Bertz CT molecular complexity index is 253. The lowest BCUT2D eigenvalue weighted by Gasteiger charge is -2.31. The van der Waals surface area contributed by atoms with Gasteiger partial charge in [0.15, 0.2) is 0 Å². The normalized spacial score (nSPS) is 27.4. The maximum Gasteiger partial charge on any atom is 0.407 e. The second-order valence-corrected chi connectivity index (χ2v) is 6.81. The average Bonchev–Trinajstić information content (AvgIpc) is 2.15. The van der Waals surface area contributed by atoms with Crippen LogP contribution >= 0.6 is 12.6 Å². The fraction of sp³-hybridized carbons (Fsp3) is 0.923. The second kappa shape index (κ2) is 5.98. The van der Waals surface area contributed by atoms with Gasteiger partial charge in [0.2, 0.25) is 0 Å². The van der Waals surface area contributed by atoms with Crippen LogP contribution in [0.25, 0.3) is 0 Å². The number of thiol groups is 1. The van der Waals surface area contributed by atoms with Crippen molar-refractivity contribution in [3.63, 3.8) is 0 Å². The summed E-state index contributed by atoms with van der Waals surface area (Å²) in [6.45, 7) is 7.79. The van der Waals surface area contributed by atoms with Crippen molar-refractivity contribution < 1.29 is 9.53 Å². The van der Waals surface area contributed by atoms with E-state index in [0.717, 1.165) is 25.7 Å². The van der Waals surface area contributed by atoms with Gasteiger partial charge in [-0.25, -0.2) is 4.79 Å². The summed E-state index contributed by atoms with van der Waals surface area (Å²) in [5, 5.41) is 3.40. The van der Waals surface area contributed by atoms with E-state index in [0.29, 0.717) is 11.2 Å². The Labute approximate surface area is 110 Å². The summed E-state index contributed by atoms with van der Waals surface area (Å²) in [5.41, 5.74) is -0.416. The predicted molar refractivity (Wildman–Crippen MR) is 73.6 cm³/mol. The molecule has 1 atom stereocenters. The van der Waals surface area contributed by atoms with Gasteiger partial charge in [-0.1, -0.05) is 6.92 Å². The van der Waals surface area contributed by atoms with Gasteiger partial charge in [0, 0.05) is 11.3 Å². The van der Waals surface area contributed by atoms with Crippen molar-refractivity contribution in [2.75, 3.05) is 0 Å². The van der Waals surface area contributed by atoms with Gasteiger partial charge in [0.25, 0.3) is 0 Å². The number of rotatable bonds is 2. The van der Waals surface area contributed by atoms with Gasteiger partial charge >= 0.3 is 6.09 Å². The second-order valence-electron chi connectivity index (χ2n) is 6.00. The molecule has 4 heteroatoms. The van der Waals surface area contributed by atoms with E-state index in [2.05, 4.69) is 24.9 Å². The molecule has 0 radical (unpaired) electrons. The van der Waals surface area contributed by atoms with E-state index in [-0.39, 0.29) is 12.1 Å². The van der Waals surface area contributed by atoms with E-state index < -0.39 is 5.60 Å². The van der Waals surface area contributed by atoms with Crippen LogP contribution in [0.5, 0.6) is 0 Å². The molecule has 1 unspecified atom stereocenters. The third-order valence-electron chi connectivity index (χ3n) is 3.17. The summed E-state index contributed by atoms with van der Waals surface area (Å²) in [6.07, 6.45) is 4.07. The lowest BCUT2D eigenvalue weighted by atomic mass is 9.84. The summed E-state index contributed by atoms with van der Waals surface area (Å²) in [6, 6.07) is 0.271. The summed E-state index contributed by atoms with van der Waals surface area (Å²) in [5.74, 6) is 0.690. The van der Waals surface area contributed by atoms with Crippen molar-refractivity contribution in [2.24, 2.45) is 5.92 Å². The first-order chi connectivity index (χ1) is 7.78. The molecule has 1 amide bonds. The van der Waals surface area contributed by atoms with Crippen LogP contribution in [-0.4, -0.2) is 23.0 Å². The van der Waals surface area contributed by atoms with Gasteiger partial charge in [0.1, 0.15) is 5.60 Å². The maximum atomic E-state index is 11.6. The molecule has 1 rings (SSSR count). The summed E-state index contributed by atoms with van der Waals surface area (Å²) in [7, 11) is 0. The first-order valence-electron chi connectivity index (χ1n) is 6.45. The number of alkyl carbamates (subject to hydrolysis) is 1. The quantitative estimate of drug-likeness (QED) is 0.746. The van der Waals surface area contributed by atoms with E-state index in [9.17, 15) is 4.79 Å². The van der Waals surface area contributed by atoms with Gasteiger partial charge in [-0.3, -0.25) is 0 Å². The Kier molecular flexibility index (Phi) is 5.17. The highest BCUT2D eigenvalue weighted by Crippen LogP contribution is 2.29. The Morgan fingerprint density at radius 2 is 1.82 bits per heavy atom. The van der Waals surface area contributed by atoms with Crippen LogP contribution in [0.4, 0.5) is 4.79 Å². The lowest BCUT2D eigenvalue weighted by Crippen LogP contribution is -2.41. The van der Waals surface area contributed by atoms with Gasteiger partial charge < -0.3 is 10.1 Å². The molecule has 1 fully saturated rings. The van der Waals surface area contributed by atoms with E-state index in [1.54, 1.807) is 0 Å². The standard InChI is InChI=1S/C13H25NO2S/c1-9(17)10-5-7-11(8-6-10)14-12(15)16-13(2,3)4/h9-11,17H,5-8H2,1-4H3,(H,14,15). The van der Waals surface area contributed by atoms with E-state index in [4.69, 9.17) is 4.74 Å². The number of hydrogen-bond donors (Lipinski definition) is 2. The molecule has 0 aliphatic heterocycles. The molecule has 0 saturated heterocycles. The van der Waals surface area contributed by atoms with Gasteiger partial charge in [-0.15, -0.1) is 0 Å². The van der Waals surface area contributed by atoms with E-state index in [1.807, 2.05) is 20.8 Å². The molecule has 0 aromatic heterocycles. The third-order valence-corrected chi connectivity index (χ3v) is 3.60. The molecule has 17 heavy (non-hydrogen) atoms. The molecule has 3 nitrogen and oxygen atoms in total. The van der Waals surface area contributed by atoms with E-state index in [1.165, 1.54) is 0 Å². The minimum atomic E-state index is -0.416. The predicted octanol–water partition coefficient (Wildman–Crippen LogP) is 3.39. The van der Waals surface area contributed by atoms with Crippen molar-refractivity contribution in [3.05, 3.63) is 0 Å². The fourth-order valence-corrected chi connectivity index (χ4v) is 2.52. The van der Waals surface area contributed by atoms with Crippen molar-refractivity contribution in [1.29, 1.82) is 0 Å². The van der Waals surface area contributed by atoms with Crippen LogP contribution in [0.3, 0.4) is 0 Å². The molecule has 100 valence electrons. The van der Waals surface area contributed by atoms with Crippen molar-refractivity contribution in [1.82, 2.24) is 5.32 Å². The molecule has 0 heterocycles. The monoisotopic (exact) mass is 259 g/mol. The highest BCUT2D eigenvalue weighted by Gasteiger charge is 2.26. The minimum absolute atomic E-state index is 0.271. The average molecular weight is 259 g/mol. The molecule has 0 spiro atoms. The molecule has 1 saturated carbocycles. The minimum Gasteiger partial charge on any atom is -0.444 e. The summed E-state index contributed by atoms with van der Waals surface area (Å²) < 4.78 is 5.25. The molecule has 0 aromatic carbocycles. The van der Waals surface area contributed by atoms with Gasteiger partial charge in [0.05, 0.1) is 0 Å².